The monoisotopic (exact) mass is 323 g/mol. The van der Waals surface area contributed by atoms with Crippen LogP contribution in [0.3, 0.4) is 0 Å². The van der Waals surface area contributed by atoms with Gasteiger partial charge in [0.2, 0.25) is 10.0 Å². The standard InChI is InChI=1S/C13H17N5O3S/c1-2-15-13(19)18-7-5-10(9-18)17-22(20,21)12-4-3-6-16-11(12)8-14/h3-4,6,10,17H,2,5,7,9H2,1H3,(H,15,19). The maximum Gasteiger partial charge on any atom is 0.317 e. The molecule has 1 aliphatic rings. The Hall–Kier alpha value is -2.18. The fourth-order valence-corrected chi connectivity index (χ4v) is 3.65. The summed E-state index contributed by atoms with van der Waals surface area (Å²) in [7, 11) is -3.84. The summed E-state index contributed by atoms with van der Waals surface area (Å²) in [6.07, 6.45) is 1.89. The second-order valence-electron chi connectivity index (χ2n) is 4.85. The van der Waals surface area contributed by atoms with E-state index in [4.69, 9.17) is 5.26 Å². The first-order valence-electron chi connectivity index (χ1n) is 6.88. The van der Waals surface area contributed by atoms with E-state index in [0.29, 0.717) is 26.1 Å². The number of hydrogen-bond acceptors (Lipinski definition) is 5. The predicted octanol–water partition coefficient (Wildman–Crippen LogP) is 0.0354. The lowest BCUT2D eigenvalue weighted by atomic mass is 10.3. The Labute approximate surface area is 129 Å². The van der Waals surface area contributed by atoms with Crippen molar-refractivity contribution in [2.45, 2.75) is 24.3 Å². The molecule has 1 aromatic heterocycles. The molecule has 1 fully saturated rings. The summed E-state index contributed by atoms with van der Waals surface area (Å²) in [6, 6.07) is 3.99. The van der Waals surface area contributed by atoms with Gasteiger partial charge < -0.3 is 10.2 Å². The number of likely N-dealkylation sites (tertiary alicyclic amines) is 1. The lowest BCUT2D eigenvalue weighted by Crippen LogP contribution is -2.42. The van der Waals surface area contributed by atoms with Crippen molar-refractivity contribution in [3.05, 3.63) is 24.0 Å². The molecule has 0 radical (unpaired) electrons. The molecule has 0 aromatic carbocycles. The summed E-state index contributed by atoms with van der Waals surface area (Å²) in [5.74, 6) is 0. The zero-order valence-electron chi connectivity index (χ0n) is 12.1. The van der Waals surface area contributed by atoms with Crippen LogP contribution in [0.4, 0.5) is 4.79 Å². The van der Waals surface area contributed by atoms with Crippen LogP contribution in [-0.4, -0.2) is 50.0 Å². The van der Waals surface area contributed by atoms with Crippen LogP contribution in [0.15, 0.2) is 23.2 Å². The van der Waals surface area contributed by atoms with Gasteiger partial charge in [0, 0.05) is 31.9 Å². The SMILES string of the molecule is CCNC(=O)N1CCC(NS(=O)(=O)c2cccnc2C#N)C1. The number of pyridine rings is 1. The molecule has 118 valence electrons. The molecule has 1 unspecified atom stereocenters. The molecule has 0 saturated carbocycles. The van der Waals surface area contributed by atoms with E-state index in [1.165, 1.54) is 18.3 Å². The second kappa shape index (κ2) is 6.72. The highest BCUT2D eigenvalue weighted by atomic mass is 32.2. The molecular weight excluding hydrogens is 306 g/mol. The number of sulfonamides is 1. The first-order chi connectivity index (χ1) is 10.5. The van der Waals surface area contributed by atoms with Crippen LogP contribution in [0.5, 0.6) is 0 Å². The fourth-order valence-electron chi connectivity index (χ4n) is 2.28. The number of nitrogens with one attached hydrogen (secondary N) is 2. The molecule has 0 aliphatic carbocycles. The van der Waals surface area contributed by atoms with Crippen LogP contribution < -0.4 is 10.0 Å². The Morgan fingerprint density at radius 3 is 3.05 bits per heavy atom. The van der Waals surface area contributed by atoms with Gasteiger partial charge in [-0.3, -0.25) is 0 Å². The van der Waals surface area contributed by atoms with Gasteiger partial charge >= 0.3 is 6.03 Å². The first-order valence-corrected chi connectivity index (χ1v) is 8.36. The predicted molar refractivity (Wildman–Crippen MR) is 78.3 cm³/mol. The molecule has 1 atom stereocenters. The largest absolute Gasteiger partial charge is 0.338 e. The summed E-state index contributed by atoms with van der Waals surface area (Å²) in [6.45, 7) is 3.12. The minimum absolute atomic E-state index is 0.144. The highest BCUT2D eigenvalue weighted by Gasteiger charge is 2.30. The van der Waals surface area contributed by atoms with E-state index >= 15 is 0 Å². The van der Waals surface area contributed by atoms with E-state index in [9.17, 15) is 13.2 Å². The number of rotatable bonds is 4. The lowest BCUT2D eigenvalue weighted by molar-refractivity contribution is 0.208. The van der Waals surface area contributed by atoms with Gasteiger partial charge in [-0.05, 0) is 25.5 Å². The van der Waals surface area contributed by atoms with Gasteiger partial charge in [-0.1, -0.05) is 0 Å². The molecule has 2 N–H and O–H groups in total. The topological polar surface area (TPSA) is 115 Å². The van der Waals surface area contributed by atoms with E-state index < -0.39 is 10.0 Å². The first kappa shape index (κ1) is 16.2. The molecule has 8 nitrogen and oxygen atoms in total. The molecule has 2 heterocycles. The van der Waals surface area contributed by atoms with Crippen LogP contribution in [0.25, 0.3) is 0 Å². The Morgan fingerprint density at radius 2 is 2.36 bits per heavy atom. The van der Waals surface area contributed by atoms with E-state index in [2.05, 4.69) is 15.0 Å². The normalized spacial score (nSPS) is 18.0. The average Bonchev–Trinajstić information content (AvgIpc) is 2.95. The Bertz CT molecular complexity index is 698. The Balaban J connectivity index is 2.08. The van der Waals surface area contributed by atoms with Gasteiger partial charge in [-0.2, -0.15) is 5.26 Å². The van der Waals surface area contributed by atoms with Crippen molar-refractivity contribution in [1.82, 2.24) is 19.9 Å². The molecule has 0 bridgehead atoms. The van der Waals surface area contributed by atoms with Gasteiger partial charge in [0.25, 0.3) is 0 Å². The maximum absolute atomic E-state index is 12.3. The van der Waals surface area contributed by atoms with Crippen LogP contribution in [0.2, 0.25) is 0 Å². The van der Waals surface area contributed by atoms with E-state index in [-0.39, 0.29) is 22.7 Å². The summed E-state index contributed by atoms with van der Waals surface area (Å²) in [4.78, 5) is 16.9. The van der Waals surface area contributed by atoms with E-state index in [0.717, 1.165) is 0 Å². The molecule has 2 rings (SSSR count). The third kappa shape index (κ3) is 3.52. The van der Waals surface area contributed by atoms with Crippen molar-refractivity contribution in [3.63, 3.8) is 0 Å². The molecule has 1 saturated heterocycles. The number of nitrogens with zero attached hydrogens (tertiary/aromatic N) is 3. The number of hydrogen-bond donors (Lipinski definition) is 2. The third-order valence-electron chi connectivity index (χ3n) is 3.29. The van der Waals surface area contributed by atoms with Gasteiger partial charge in [0.05, 0.1) is 0 Å². The Morgan fingerprint density at radius 1 is 1.59 bits per heavy atom. The van der Waals surface area contributed by atoms with E-state index in [1.807, 2.05) is 6.92 Å². The van der Waals surface area contributed by atoms with Gasteiger partial charge in [-0.25, -0.2) is 22.9 Å². The van der Waals surface area contributed by atoms with Crippen molar-refractivity contribution in [2.24, 2.45) is 0 Å². The van der Waals surface area contributed by atoms with Crippen LogP contribution in [0.1, 0.15) is 19.0 Å². The number of urea groups is 1. The number of nitriles is 1. The highest BCUT2D eigenvalue weighted by molar-refractivity contribution is 7.89. The molecule has 2 amide bonds. The quantitative estimate of drug-likeness (QED) is 0.811. The van der Waals surface area contributed by atoms with Crippen molar-refractivity contribution < 1.29 is 13.2 Å². The number of aromatic nitrogens is 1. The molecular formula is C13H17N5O3S. The average molecular weight is 323 g/mol. The number of carbonyl (C=O) groups is 1. The van der Waals surface area contributed by atoms with Crippen LogP contribution >= 0.6 is 0 Å². The fraction of sp³-hybridized carbons (Fsp3) is 0.462. The highest BCUT2D eigenvalue weighted by Crippen LogP contribution is 2.16. The zero-order chi connectivity index (χ0) is 16.2. The zero-order valence-corrected chi connectivity index (χ0v) is 12.9. The van der Waals surface area contributed by atoms with Crippen molar-refractivity contribution in [1.29, 1.82) is 5.26 Å². The second-order valence-corrected chi connectivity index (χ2v) is 6.53. The third-order valence-corrected chi connectivity index (χ3v) is 4.84. The Kier molecular flexibility index (Phi) is 4.95. The van der Waals surface area contributed by atoms with E-state index in [1.54, 1.807) is 11.0 Å². The summed E-state index contributed by atoms with van der Waals surface area (Å²) in [5.41, 5.74) is -0.145. The molecule has 22 heavy (non-hydrogen) atoms. The summed E-state index contributed by atoms with van der Waals surface area (Å²) in [5, 5.41) is 11.6. The lowest BCUT2D eigenvalue weighted by Gasteiger charge is -2.17. The summed E-state index contributed by atoms with van der Waals surface area (Å²) >= 11 is 0. The van der Waals surface area contributed by atoms with Crippen molar-refractivity contribution >= 4 is 16.1 Å². The number of carbonyl (C=O) groups excluding carboxylic acids is 1. The smallest absolute Gasteiger partial charge is 0.317 e. The number of amides is 2. The van der Waals surface area contributed by atoms with Gasteiger partial charge in [0.1, 0.15) is 11.0 Å². The minimum atomic E-state index is -3.84. The van der Waals surface area contributed by atoms with Gasteiger partial charge in [-0.15, -0.1) is 0 Å². The van der Waals surface area contributed by atoms with Crippen molar-refractivity contribution in [3.8, 4) is 6.07 Å². The molecule has 9 heteroatoms. The summed E-state index contributed by atoms with van der Waals surface area (Å²) < 4.78 is 27.2. The molecule has 1 aromatic rings. The molecule has 1 aliphatic heterocycles. The van der Waals surface area contributed by atoms with Crippen LogP contribution in [0, 0.1) is 11.3 Å². The maximum atomic E-state index is 12.3. The molecule has 0 spiro atoms. The minimum Gasteiger partial charge on any atom is -0.338 e. The van der Waals surface area contributed by atoms with Crippen LogP contribution in [-0.2, 0) is 10.0 Å². The van der Waals surface area contributed by atoms with Crippen molar-refractivity contribution in [2.75, 3.05) is 19.6 Å². The van der Waals surface area contributed by atoms with Gasteiger partial charge in [0.15, 0.2) is 5.69 Å².